The van der Waals surface area contributed by atoms with Crippen LogP contribution in [0.1, 0.15) is 58.1 Å². The number of nitrogens with one attached hydrogen (secondary N) is 2. The predicted molar refractivity (Wildman–Crippen MR) is 144 cm³/mol. The minimum Gasteiger partial charge on any atom is -0.462 e. The summed E-state index contributed by atoms with van der Waals surface area (Å²) in [5.74, 6) is 3.72. The minimum atomic E-state index is -1.21. The van der Waals surface area contributed by atoms with Crippen LogP contribution in [0.25, 0.3) is 0 Å². The second kappa shape index (κ2) is 10.9. The van der Waals surface area contributed by atoms with Crippen molar-refractivity contribution in [3.05, 3.63) is 59.7 Å². The molecule has 0 aromatic heterocycles. The highest BCUT2D eigenvalue weighted by atomic mass is 16.6. The number of benzene rings is 2. The number of anilines is 1. The molecule has 2 aliphatic rings. The number of hydrogen-bond acceptors (Lipinski definition) is 5. The number of nitrogens with zero attached hydrogens (tertiary/aromatic N) is 1. The van der Waals surface area contributed by atoms with Crippen molar-refractivity contribution in [3.8, 4) is 17.6 Å². The smallest absolute Gasteiger partial charge is 0.296 e. The molecule has 2 heterocycles. The normalized spacial score (nSPS) is 21.0. The molecule has 3 atom stereocenters. The maximum Gasteiger partial charge on any atom is 0.296 e. The predicted octanol–water partition coefficient (Wildman–Crippen LogP) is 3.23. The van der Waals surface area contributed by atoms with Gasteiger partial charge in [0.2, 0.25) is 17.6 Å². The van der Waals surface area contributed by atoms with Gasteiger partial charge in [0, 0.05) is 42.1 Å². The van der Waals surface area contributed by atoms with Gasteiger partial charge < -0.3 is 25.4 Å². The van der Waals surface area contributed by atoms with Crippen LogP contribution in [0.4, 0.5) is 5.69 Å². The van der Waals surface area contributed by atoms with Gasteiger partial charge >= 0.3 is 0 Å². The number of fused-ring (bicyclic) bond motifs is 1. The van der Waals surface area contributed by atoms with Gasteiger partial charge in [0.25, 0.3) is 5.91 Å². The Morgan fingerprint density at radius 1 is 1.18 bits per heavy atom. The Bertz CT molecular complexity index is 1270. The molecule has 2 aromatic rings. The Morgan fingerprint density at radius 2 is 1.92 bits per heavy atom. The molecule has 1 fully saturated rings. The summed E-state index contributed by atoms with van der Waals surface area (Å²) in [6.45, 7) is 7.90. The molecule has 0 aliphatic carbocycles. The average Bonchev–Trinajstić information content (AvgIpc) is 3.50. The van der Waals surface area contributed by atoms with E-state index in [0.717, 1.165) is 5.56 Å². The van der Waals surface area contributed by atoms with Gasteiger partial charge in [0.05, 0.1) is 0 Å². The van der Waals surface area contributed by atoms with Crippen molar-refractivity contribution < 1.29 is 24.2 Å². The minimum absolute atomic E-state index is 0.239. The van der Waals surface area contributed by atoms with Gasteiger partial charge in [0.1, 0.15) is 17.8 Å². The van der Waals surface area contributed by atoms with Crippen LogP contribution in [0, 0.1) is 17.3 Å². The number of carbonyl (C=O) groups excluding carboxylic acids is 3. The molecule has 38 heavy (non-hydrogen) atoms. The summed E-state index contributed by atoms with van der Waals surface area (Å²) < 4.78 is 5.61. The van der Waals surface area contributed by atoms with Crippen LogP contribution >= 0.6 is 0 Å². The summed E-state index contributed by atoms with van der Waals surface area (Å²) in [4.78, 5) is 41.0. The van der Waals surface area contributed by atoms with Gasteiger partial charge in [-0.2, -0.15) is 0 Å². The molecule has 0 spiro atoms. The molecule has 0 saturated carbocycles. The third kappa shape index (κ3) is 6.17. The van der Waals surface area contributed by atoms with E-state index in [2.05, 4.69) is 22.5 Å². The van der Waals surface area contributed by atoms with E-state index in [1.165, 1.54) is 0 Å². The van der Waals surface area contributed by atoms with E-state index in [4.69, 9.17) is 4.74 Å². The SMILES string of the molecule is CCC1(O)Cc2cc(C#CC(=O)NC(C(=O)N3CCCC3C(=O)Nc3ccccc3)C(C)(C)C)ccc2O1. The van der Waals surface area contributed by atoms with Crippen LogP contribution in [0.2, 0.25) is 0 Å². The monoisotopic (exact) mass is 517 g/mol. The Hall–Kier alpha value is -3.83. The first kappa shape index (κ1) is 27.2. The maximum atomic E-state index is 13.6. The summed E-state index contributed by atoms with van der Waals surface area (Å²) in [6, 6.07) is 12.9. The maximum absolute atomic E-state index is 13.6. The lowest BCUT2D eigenvalue weighted by molar-refractivity contribution is -0.142. The first-order chi connectivity index (χ1) is 18.0. The zero-order valence-corrected chi connectivity index (χ0v) is 22.3. The van der Waals surface area contributed by atoms with Gasteiger partial charge in [-0.25, -0.2) is 0 Å². The van der Waals surface area contributed by atoms with E-state index in [9.17, 15) is 19.5 Å². The molecule has 2 aromatic carbocycles. The summed E-state index contributed by atoms with van der Waals surface area (Å²) in [7, 11) is 0. The number of aliphatic hydroxyl groups is 1. The fourth-order valence-electron chi connectivity index (χ4n) is 4.79. The third-order valence-electron chi connectivity index (χ3n) is 6.97. The Balaban J connectivity index is 1.45. The van der Waals surface area contributed by atoms with Crippen molar-refractivity contribution in [1.82, 2.24) is 10.2 Å². The van der Waals surface area contributed by atoms with Crippen molar-refractivity contribution in [2.45, 2.75) is 71.2 Å². The van der Waals surface area contributed by atoms with Crippen molar-refractivity contribution in [2.75, 3.05) is 11.9 Å². The zero-order valence-electron chi connectivity index (χ0n) is 22.3. The van der Waals surface area contributed by atoms with E-state index in [1.807, 2.05) is 45.9 Å². The molecule has 4 rings (SSSR count). The van der Waals surface area contributed by atoms with Gasteiger partial charge in [-0.1, -0.05) is 51.8 Å². The van der Waals surface area contributed by atoms with E-state index >= 15 is 0 Å². The first-order valence-corrected chi connectivity index (χ1v) is 13.0. The van der Waals surface area contributed by atoms with E-state index in [1.54, 1.807) is 35.2 Å². The van der Waals surface area contributed by atoms with Gasteiger partial charge in [-0.05, 0) is 48.6 Å². The molecular formula is C30H35N3O5. The first-order valence-electron chi connectivity index (χ1n) is 13.0. The van der Waals surface area contributed by atoms with Crippen molar-refractivity contribution in [1.29, 1.82) is 0 Å². The largest absolute Gasteiger partial charge is 0.462 e. The quantitative estimate of drug-likeness (QED) is 0.528. The Labute approximate surface area is 223 Å². The number of ether oxygens (including phenoxy) is 1. The van der Waals surface area contributed by atoms with Gasteiger partial charge in [0.15, 0.2) is 0 Å². The molecule has 3 amide bonds. The summed E-state index contributed by atoms with van der Waals surface area (Å²) in [5.41, 5.74) is 1.51. The van der Waals surface area contributed by atoms with E-state index in [-0.39, 0.29) is 11.8 Å². The molecule has 8 heteroatoms. The summed E-state index contributed by atoms with van der Waals surface area (Å²) >= 11 is 0. The van der Waals surface area contributed by atoms with E-state index in [0.29, 0.717) is 49.2 Å². The number of para-hydroxylation sites is 1. The summed E-state index contributed by atoms with van der Waals surface area (Å²) in [5, 5.41) is 16.1. The fourth-order valence-corrected chi connectivity index (χ4v) is 4.79. The molecule has 0 radical (unpaired) electrons. The second-order valence-electron chi connectivity index (χ2n) is 11.0. The molecule has 8 nitrogen and oxygen atoms in total. The average molecular weight is 518 g/mol. The van der Waals surface area contributed by atoms with Crippen molar-refractivity contribution in [2.24, 2.45) is 5.41 Å². The molecule has 3 N–H and O–H groups in total. The highest BCUT2D eigenvalue weighted by molar-refractivity contribution is 6.00. The molecule has 2 aliphatic heterocycles. The Kier molecular flexibility index (Phi) is 7.79. The van der Waals surface area contributed by atoms with Crippen molar-refractivity contribution in [3.63, 3.8) is 0 Å². The van der Waals surface area contributed by atoms with Crippen LogP contribution in [0.15, 0.2) is 48.5 Å². The lowest BCUT2D eigenvalue weighted by atomic mass is 9.85. The molecule has 200 valence electrons. The van der Waals surface area contributed by atoms with Crippen LogP contribution in [0.5, 0.6) is 5.75 Å². The number of hydrogen-bond donors (Lipinski definition) is 3. The standard InChI is InChI=1S/C30H35N3O5/c1-5-30(37)19-21-18-20(13-15-24(21)38-30)14-16-25(34)32-26(29(2,3)4)28(36)33-17-9-12-23(33)27(35)31-22-10-7-6-8-11-22/h6-8,10-11,13,15,18,23,26,37H,5,9,12,17,19H2,1-4H3,(H,31,35)(H,32,34). The molecular weight excluding hydrogens is 482 g/mol. The van der Waals surface area contributed by atoms with Crippen LogP contribution in [0.3, 0.4) is 0 Å². The number of carbonyl (C=O) groups is 3. The van der Waals surface area contributed by atoms with E-state index < -0.39 is 29.2 Å². The van der Waals surface area contributed by atoms with Gasteiger partial charge in [-0.15, -0.1) is 0 Å². The molecule has 0 bridgehead atoms. The molecule has 1 saturated heterocycles. The zero-order chi connectivity index (χ0) is 27.5. The van der Waals surface area contributed by atoms with Crippen LogP contribution in [-0.2, 0) is 20.8 Å². The number of amides is 3. The lowest BCUT2D eigenvalue weighted by Gasteiger charge is -2.35. The second-order valence-corrected chi connectivity index (χ2v) is 11.0. The lowest BCUT2D eigenvalue weighted by Crippen LogP contribution is -2.57. The highest BCUT2D eigenvalue weighted by Gasteiger charge is 2.42. The number of likely N-dealkylation sites (tertiary alicyclic amines) is 1. The Morgan fingerprint density at radius 3 is 2.61 bits per heavy atom. The number of rotatable bonds is 5. The highest BCUT2D eigenvalue weighted by Crippen LogP contribution is 2.35. The van der Waals surface area contributed by atoms with Gasteiger partial charge in [-0.3, -0.25) is 14.4 Å². The molecule has 3 unspecified atom stereocenters. The third-order valence-corrected chi connectivity index (χ3v) is 6.97. The topological polar surface area (TPSA) is 108 Å². The van der Waals surface area contributed by atoms with Crippen LogP contribution < -0.4 is 15.4 Å². The van der Waals surface area contributed by atoms with Crippen LogP contribution in [-0.4, -0.2) is 52.1 Å². The summed E-state index contributed by atoms with van der Waals surface area (Å²) in [6.07, 6.45) is 2.08. The fraction of sp³-hybridized carbons (Fsp3) is 0.433. The van der Waals surface area contributed by atoms with Crippen molar-refractivity contribution >= 4 is 23.4 Å².